The lowest BCUT2D eigenvalue weighted by Gasteiger charge is -2.22. The van der Waals surface area contributed by atoms with Crippen LogP contribution in [0.5, 0.6) is 0 Å². The van der Waals surface area contributed by atoms with Gasteiger partial charge in [-0.1, -0.05) is 29.8 Å². The summed E-state index contributed by atoms with van der Waals surface area (Å²) >= 11 is 0. The zero-order chi connectivity index (χ0) is 22.0. The minimum Gasteiger partial charge on any atom is -0.467 e. The van der Waals surface area contributed by atoms with E-state index in [0.717, 1.165) is 27.6 Å². The number of furan rings is 1. The molecule has 2 heterocycles. The van der Waals surface area contributed by atoms with Crippen molar-refractivity contribution in [2.45, 2.75) is 33.9 Å². The van der Waals surface area contributed by atoms with Crippen molar-refractivity contribution in [2.24, 2.45) is 0 Å². The van der Waals surface area contributed by atoms with E-state index in [4.69, 9.17) is 4.42 Å². The molecule has 4 rings (SSSR count). The second-order valence-electron chi connectivity index (χ2n) is 7.83. The molecule has 0 aliphatic carbocycles. The van der Waals surface area contributed by atoms with Gasteiger partial charge in [0.25, 0.3) is 5.56 Å². The molecule has 0 radical (unpaired) electrons. The summed E-state index contributed by atoms with van der Waals surface area (Å²) in [5.41, 5.74) is 5.11. The number of pyridine rings is 1. The Bertz CT molecular complexity index is 1270. The van der Waals surface area contributed by atoms with Gasteiger partial charge >= 0.3 is 6.03 Å². The van der Waals surface area contributed by atoms with Gasteiger partial charge < -0.3 is 19.6 Å². The zero-order valence-corrected chi connectivity index (χ0v) is 17.9. The molecule has 0 bridgehead atoms. The van der Waals surface area contributed by atoms with E-state index in [1.165, 1.54) is 0 Å². The number of urea groups is 1. The third kappa shape index (κ3) is 4.53. The molecule has 0 fully saturated rings. The third-order valence-corrected chi connectivity index (χ3v) is 5.51. The van der Waals surface area contributed by atoms with Crippen molar-refractivity contribution in [3.63, 3.8) is 0 Å². The van der Waals surface area contributed by atoms with E-state index in [0.29, 0.717) is 17.0 Å². The summed E-state index contributed by atoms with van der Waals surface area (Å²) in [4.78, 5) is 30.4. The highest BCUT2D eigenvalue weighted by molar-refractivity contribution is 5.89. The van der Waals surface area contributed by atoms with Crippen LogP contribution in [0.1, 0.15) is 28.0 Å². The Morgan fingerprint density at radius 3 is 2.52 bits per heavy atom. The molecule has 2 amide bonds. The van der Waals surface area contributed by atoms with Crippen molar-refractivity contribution < 1.29 is 9.21 Å². The van der Waals surface area contributed by atoms with Crippen molar-refractivity contribution in [3.05, 3.63) is 99.2 Å². The van der Waals surface area contributed by atoms with Gasteiger partial charge in [0.05, 0.1) is 24.9 Å². The van der Waals surface area contributed by atoms with Crippen molar-refractivity contribution in [2.75, 3.05) is 5.32 Å². The van der Waals surface area contributed by atoms with Crippen LogP contribution in [0.4, 0.5) is 10.5 Å². The summed E-state index contributed by atoms with van der Waals surface area (Å²) in [5, 5.41) is 3.85. The number of anilines is 1. The fourth-order valence-corrected chi connectivity index (χ4v) is 3.52. The molecule has 0 saturated carbocycles. The summed E-state index contributed by atoms with van der Waals surface area (Å²) in [7, 11) is 0. The topological polar surface area (TPSA) is 78.3 Å². The fraction of sp³-hybridized carbons (Fsp3) is 0.200. The predicted octanol–water partition coefficient (Wildman–Crippen LogP) is 5.28. The molecule has 2 N–H and O–H groups in total. The number of amides is 2. The number of fused-ring (bicyclic) bond motifs is 1. The number of rotatable bonds is 5. The van der Waals surface area contributed by atoms with Gasteiger partial charge in [-0.25, -0.2) is 4.79 Å². The average Bonchev–Trinajstić information content (AvgIpc) is 3.26. The third-order valence-electron chi connectivity index (χ3n) is 5.51. The number of nitrogens with one attached hydrogen (secondary N) is 2. The molecule has 2 aromatic carbocycles. The predicted molar refractivity (Wildman–Crippen MR) is 122 cm³/mol. The zero-order valence-electron chi connectivity index (χ0n) is 17.9. The van der Waals surface area contributed by atoms with Crippen LogP contribution in [0.15, 0.2) is 70.1 Å². The van der Waals surface area contributed by atoms with Crippen LogP contribution >= 0.6 is 0 Å². The first kappa shape index (κ1) is 20.5. The van der Waals surface area contributed by atoms with Gasteiger partial charge in [-0.3, -0.25) is 4.79 Å². The maximum atomic E-state index is 13.1. The summed E-state index contributed by atoms with van der Waals surface area (Å²) in [5.74, 6) is 0.641. The first-order valence-corrected chi connectivity index (χ1v) is 10.2. The molecular formula is C25H25N3O3. The highest BCUT2D eigenvalue weighted by atomic mass is 16.3. The van der Waals surface area contributed by atoms with Gasteiger partial charge in [-0.05, 0) is 67.6 Å². The molecule has 0 aliphatic heterocycles. The number of hydrogen-bond acceptors (Lipinski definition) is 3. The molecule has 0 unspecified atom stereocenters. The maximum Gasteiger partial charge on any atom is 0.322 e. The number of aromatic amines is 1. The van der Waals surface area contributed by atoms with Crippen LogP contribution < -0.4 is 10.9 Å². The molecule has 0 spiro atoms. The summed E-state index contributed by atoms with van der Waals surface area (Å²) in [6, 6.07) is 16.7. The van der Waals surface area contributed by atoms with Gasteiger partial charge in [-0.15, -0.1) is 0 Å². The molecule has 6 heteroatoms. The van der Waals surface area contributed by atoms with Crippen molar-refractivity contribution in [1.82, 2.24) is 9.88 Å². The minimum absolute atomic E-state index is 0.149. The lowest BCUT2D eigenvalue weighted by molar-refractivity contribution is 0.201. The normalized spacial score (nSPS) is 10.9. The summed E-state index contributed by atoms with van der Waals surface area (Å²) < 4.78 is 5.44. The van der Waals surface area contributed by atoms with E-state index in [2.05, 4.69) is 10.3 Å². The lowest BCUT2D eigenvalue weighted by Crippen LogP contribution is -2.35. The van der Waals surface area contributed by atoms with Crippen LogP contribution in [0.25, 0.3) is 10.9 Å². The highest BCUT2D eigenvalue weighted by Gasteiger charge is 2.18. The molecule has 0 atom stereocenters. The molecule has 4 aromatic rings. The standard InChI is InChI=1S/C25H25N3O3/c1-16-6-10-21(11-7-16)26-25(30)28(15-22-5-4-12-31-22)14-20-13-19-9-8-17(2)18(3)23(19)27-24(20)29/h4-13H,14-15H2,1-3H3,(H,26,30)(H,27,29). The number of nitrogens with zero attached hydrogens (tertiary/aromatic N) is 1. The number of carbonyl (C=O) groups is 1. The van der Waals surface area contributed by atoms with E-state index in [1.807, 2.05) is 69.3 Å². The molecule has 158 valence electrons. The Kier molecular flexibility index (Phi) is 5.62. The van der Waals surface area contributed by atoms with E-state index in [-0.39, 0.29) is 24.7 Å². The summed E-state index contributed by atoms with van der Waals surface area (Å²) in [6.45, 7) is 6.39. The Morgan fingerprint density at radius 1 is 1.03 bits per heavy atom. The number of carbonyl (C=O) groups excluding carboxylic acids is 1. The van der Waals surface area contributed by atoms with Gasteiger partial charge in [0.15, 0.2) is 0 Å². The second kappa shape index (κ2) is 8.52. The van der Waals surface area contributed by atoms with Gasteiger partial charge in [0.1, 0.15) is 5.76 Å². The number of hydrogen-bond donors (Lipinski definition) is 2. The lowest BCUT2D eigenvalue weighted by atomic mass is 10.0. The van der Waals surface area contributed by atoms with Crippen molar-refractivity contribution in [1.29, 1.82) is 0 Å². The quantitative estimate of drug-likeness (QED) is 0.465. The van der Waals surface area contributed by atoms with E-state index in [1.54, 1.807) is 17.2 Å². The molecule has 0 saturated heterocycles. The summed E-state index contributed by atoms with van der Waals surface area (Å²) in [6.07, 6.45) is 1.57. The Morgan fingerprint density at radius 2 is 1.81 bits per heavy atom. The Hall–Kier alpha value is -3.80. The fourth-order valence-electron chi connectivity index (χ4n) is 3.52. The molecule has 0 aliphatic rings. The smallest absolute Gasteiger partial charge is 0.322 e. The molecule has 2 aromatic heterocycles. The number of aromatic nitrogens is 1. The van der Waals surface area contributed by atoms with Crippen LogP contribution in [-0.4, -0.2) is 15.9 Å². The highest BCUT2D eigenvalue weighted by Crippen LogP contribution is 2.20. The molecular weight excluding hydrogens is 390 g/mol. The van der Waals surface area contributed by atoms with Crippen LogP contribution in [0, 0.1) is 20.8 Å². The van der Waals surface area contributed by atoms with Crippen LogP contribution in [0.2, 0.25) is 0 Å². The largest absolute Gasteiger partial charge is 0.467 e. The number of aryl methyl sites for hydroxylation is 3. The molecule has 31 heavy (non-hydrogen) atoms. The van der Waals surface area contributed by atoms with Gasteiger partial charge in [0, 0.05) is 11.3 Å². The number of H-pyrrole nitrogens is 1. The Balaban J connectivity index is 1.64. The first-order valence-electron chi connectivity index (χ1n) is 10.2. The maximum absolute atomic E-state index is 13.1. The van der Waals surface area contributed by atoms with Crippen LogP contribution in [0.3, 0.4) is 0 Å². The van der Waals surface area contributed by atoms with E-state index < -0.39 is 0 Å². The van der Waals surface area contributed by atoms with Gasteiger partial charge in [-0.2, -0.15) is 0 Å². The number of benzene rings is 2. The monoisotopic (exact) mass is 415 g/mol. The molecule has 6 nitrogen and oxygen atoms in total. The van der Waals surface area contributed by atoms with Crippen molar-refractivity contribution >= 4 is 22.6 Å². The minimum atomic E-state index is -0.306. The van der Waals surface area contributed by atoms with E-state index >= 15 is 0 Å². The average molecular weight is 415 g/mol. The SMILES string of the molecule is Cc1ccc(NC(=O)N(Cc2ccco2)Cc2cc3ccc(C)c(C)c3[nH]c2=O)cc1. The van der Waals surface area contributed by atoms with Crippen LogP contribution in [-0.2, 0) is 13.1 Å². The van der Waals surface area contributed by atoms with Crippen molar-refractivity contribution in [3.8, 4) is 0 Å². The van der Waals surface area contributed by atoms with E-state index in [9.17, 15) is 9.59 Å². The Labute approximate surface area is 180 Å². The first-order chi connectivity index (χ1) is 14.9. The van der Waals surface area contributed by atoms with Gasteiger partial charge in [0.2, 0.25) is 0 Å². The second-order valence-corrected chi connectivity index (χ2v) is 7.83.